The van der Waals surface area contributed by atoms with Gasteiger partial charge in [-0.1, -0.05) is 6.07 Å². The second-order valence-electron chi connectivity index (χ2n) is 5.36. The van der Waals surface area contributed by atoms with Crippen LogP contribution in [0.25, 0.3) is 6.08 Å². The summed E-state index contributed by atoms with van der Waals surface area (Å²) in [4.78, 5) is 25.8. The van der Waals surface area contributed by atoms with Crippen molar-refractivity contribution in [3.8, 4) is 5.75 Å². The molecule has 0 saturated carbocycles. The highest BCUT2D eigenvalue weighted by Crippen LogP contribution is 2.14. The summed E-state index contributed by atoms with van der Waals surface area (Å²) in [7, 11) is 3.17. The normalized spacial score (nSPS) is 11.1. The average molecular weight is 374 g/mol. The standard InChI is InChI=1S/C19H22N2O4S/c1-24-11-4-10-20-19(23)17(13-16-5-3-12-26-16)21-18(22)14-6-8-15(25-2)9-7-14/h3,5-9,12-13H,4,10-11H2,1-2H3,(H,20,23)(H,21,22)/b17-13-. The van der Waals surface area contributed by atoms with Crippen LogP contribution in [0.1, 0.15) is 21.7 Å². The Morgan fingerprint density at radius 1 is 1.15 bits per heavy atom. The lowest BCUT2D eigenvalue weighted by molar-refractivity contribution is -0.117. The number of carbonyl (C=O) groups is 2. The number of nitrogens with one attached hydrogen (secondary N) is 2. The molecule has 0 aliphatic rings. The molecule has 0 spiro atoms. The maximum atomic E-state index is 12.5. The van der Waals surface area contributed by atoms with E-state index in [2.05, 4.69) is 10.6 Å². The summed E-state index contributed by atoms with van der Waals surface area (Å²) in [6, 6.07) is 10.4. The molecule has 1 heterocycles. The minimum atomic E-state index is -0.359. The van der Waals surface area contributed by atoms with Crippen LogP contribution in [0, 0.1) is 0 Å². The van der Waals surface area contributed by atoms with Crippen LogP contribution >= 0.6 is 11.3 Å². The van der Waals surface area contributed by atoms with E-state index in [-0.39, 0.29) is 17.5 Å². The van der Waals surface area contributed by atoms with Gasteiger partial charge in [0.2, 0.25) is 0 Å². The maximum absolute atomic E-state index is 12.5. The molecule has 2 amide bonds. The Morgan fingerprint density at radius 3 is 2.54 bits per heavy atom. The Labute approximate surface area is 156 Å². The van der Waals surface area contributed by atoms with Gasteiger partial charge in [0.05, 0.1) is 7.11 Å². The third-order valence-electron chi connectivity index (χ3n) is 3.49. The molecular formula is C19H22N2O4S. The molecule has 0 aliphatic carbocycles. The number of carbonyl (C=O) groups excluding carboxylic acids is 2. The Hall–Kier alpha value is -2.64. The molecule has 0 aliphatic heterocycles. The number of methoxy groups -OCH3 is 2. The summed E-state index contributed by atoms with van der Waals surface area (Å²) in [5.41, 5.74) is 0.640. The van der Waals surface area contributed by atoms with Gasteiger partial charge in [-0.3, -0.25) is 9.59 Å². The van der Waals surface area contributed by atoms with Crippen LogP contribution in [0.2, 0.25) is 0 Å². The zero-order chi connectivity index (χ0) is 18.8. The lowest BCUT2D eigenvalue weighted by Crippen LogP contribution is -2.35. The van der Waals surface area contributed by atoms with Crippen molar-refractivity contribution in [2.75, 3.05) is 27.4 Å². The van der Waals surface area contributed by atoms with Gasteiger partial charge in [0.15, 0.2) is 0 Å². The molecule has 0 saturated heterocycles. The smallest absolute Gasteiger partial charge is 0.267 e. The van der Waals surface area contributed by atoms with Crippen molar-refractivity contribution in [1.82, 2.24) is 10.6 Å². The van der Waals surface area contributed by atoms with Crippen LogP contribution in [-0.2, 0) is 9.53 Å². The van der Waals surface area contributed by atoms with E-state index in [9.17, 15) is 9.59 Å². The van der Waals surface area contributed by atoms with E-state index in [1.165, 1.54) is 11.3 Å². The van der Waals surface area contributed by atoms with Gasteiger partial charge in [0.1, 0.15) is 11.4 Å². The molecule has 0 atom stereocenters. The molecule has 0 bridgehead atoms. The summed E-state index contributed by atoms with van der Waals surface area (Å²) in [6.07, 6.45) is 2.36. The lowest BCUT2D eigenvalue weighted by atomic mass is 10.2. The molecule has 2 rings (SSSR count). The van der Waals surface area contributed by atoms with Crippen molar-refractivity contribution >= 4 is 29.2 Å². The van der Waals surface area contributed by atoms with Gasteiger partial charge in [0, 0.05) is 30.7 Å². The van der Waals surface area contributed by atoms with Gasteiger partial charge in [-0.2, -0.15) is 0 Å². The zero-order valence-electron chi connectivity index (χ0n) is 14.8. The Kier molecular flexibility index (Phi) is 7.85. The Balaban J connectivity index is 2.10. The number of amides is 2. The molecule has 0 radical (unpaired) electrons. The van der Waals surface area contributed by atoms with E-state index in [1.807, 2.05) is 17.5 Å². The number of ether oxygens (including phenoxy) is 2. The molecule has 2 aromatic rings. The first-order chi connectivity index (χ1) is 12.6. The van der Waals surface area contributed by atoms with E-state index in [4.69, 9.17) is 9.47 Å². The number of rotatable bonds is 9. The highest BCUT2D eigenvalue weighted by Gasteiger charge is 2.14. The molecule has 0 unspecified atom stereocenters. The Morgan fingerprint density at radius 2 is 1.92 bits per heavy atom. The van der Waals surface area contributed by atoms with Gasteiger partial charge in [-0.15, -0.1) is 11.3 Å². The highest BCUT2D eigenvalue weighted by atomic mass is 32.1. The molecule has 26 heavy (non-hydrogen) atoms. The molecular weight excluding hydrogens is 352 g/mol. The molecule has 1 aromatic carbocycles. The molecule has 1 aromatic heterocycles. The summed E-state index contributed by atoms with van der Waals surface area (Å²) >= 11 is 1.48. The summed E-state index contributed by atoms with van der Waals surface area (Å²) in [6.45, 7) is 1.02. The SMILES string of the molecule is COCCCNC(=O)/C(=C/c1cccs1)NC(=O)c1ccc(OC)cc1. The van der Waals surface area contributed by atoms with Gasteiger partial charge in [-0.25, -0.2) is 0 Å². The monoisotopic (exact) mass is 374 g/mol. The van der Waals surface area contributed by atoms with Crippen LogP contribution in [0.3, 0.4) is 0 Å². The second kappa shape index (κ2) is 10.4. The van der Waals surface area contributed by atoms with Crippen molar-refractivity contribution < 1.29 is 19.1 Å². The number of benzene rings is 1. The van der Waals surface area contributed by atoms with Crippen LogP contribution in [0.5, 0.6) is 5.75 Å². The highest BCUT2D eigenvalue weighted by molar-refractivity contribution is 7.10. The van der Waals surface area contributed by atoms with E-state index in [0.717, 1.165) is 4.88 Å². The maximum Gasteiger partial charge on any atom is 0.267 e. The van der Waals surface area contributed by atoms with E-state index < -0.39 is 0 Å². The van der Waals surface area contributed by atoms with Crippen molar-refractivity contribution in [3.63, 3.8) is 0 Å². The molecule has 2 N–H and O–H groups in total. The van der Waals surface area contributed by atoms with Gasteiger partial charge >= 0.3 is 0 Å². The minimum Gasteiger partial charge on any atom is -0.497 e. The first-order valence-electron chi connectivity index (χ1n) is 8.11. The van der Waals surface area contributed by atoms with Crippen molar-refractivity contribution in [3.05, 3.63) is 57.9 Å². The fourth-order valence-corrected chi connectivity index (χ4v) is 2.78. The van der Waals surface area contributed by atoms with Gasteiger partial charge in [-0.05, 0) is 48.2 Å². The molecule has 0 fully saturated rings. The fraction of sp³-hybridized carbons (Fsp3) is 0.263. The van der Waals surface area contributed by atoms with E-state index >= 15 is 0 Å². The summed E-state index contributed by atoms with van der Waals surface area (Å²) < 4.78 is 10.1. The first-order valence-corrected chi connectivity index (χ1v) is 8.99. The number of hydrogen-bond donors (Lipinski definition) is 2. The van der Waals surface area contributed by atoms with Crippen LogP contribution in [-0.4, -0.2) is 39.2 Å². The second-order valence-corrected chi connectivity index (χ2v) is 6.34. The zero-order valence-corrected chi connectivity index (χ0v) is 15.6. The topological polar surface area (TPSA) is 76.7 Å². The van der Waals surface area contributed by atoms with Crippen LogP contribution < -0.4 is 15.4 Å². The summed E-state index contributed by atoms with van der Waals surface area (Å²) in [5, 5.41) is 7.39. The van der Waals surface area contributed by atoms with Crippen molar-refractivity contribution in [1.29, 1.82) is 0 Å². The predicted molar refractivity (Wildman–Crippen MR) is 102 cm³/mol. The van der Waals surface area contributed by atoms with Crippen LogP contribution in [0.4, 0.5) is 0 Å². The lowest BCUT2D eigenvalue weighted by Gasteiger charge is -2.11. The number of thiophene rings is 1. The minimum absolute atomic E-state index is 0.200. The Bertz CT molecular complexity index is 739. The largest absolute Gasteiger partial charge is 0.497 e. The van der Waals surface area contributed by atoms with Gasteiger partial charge in [0.25, 0.3) is 11.8 Å². The quantitative estimate of drug-likeness (QED) is 0.523. The van der Waals surface area contributed by atoms with Crippen molar-refractivity contribution in [2.45, 2.75) is 6.42 Å². The molecule has 6 nitrogen and oxygen atoms in total. The van der Waals surface area contributed by atoms with E-state index in [0.29, 0.717) is 30.9 Å². The van der Waals surface area contributed by atoms with Crippen LogP contribution in [0.15, 0.2) is 47.5 Å². The first kappa shape index (κ1) is 19.7. The molecule has 7 heteroatoms. The molecule has 138 valence electrons. The average Bonchev–Trinajstić information content (AvgIpc) is 3.17. The third kappa shape index (κ3) is 6.02. The van der Waals surface area contributed by atoms with Gasteiger partial charge < -0.3 is 20.1 Å². The van der Waals surface area contributed by atoms with Crippen molar-refractivity contribution in [2.24, 2.45) is 0 Å². The third-order valence-corrected chi connectivity index (χ3v) is 4.30. The van der Waals surface area contributed by atoms with E-state index in [1.54, 1.807) is 44.6 Å². The summed E-state index contributed by atoms with van der Waals surface area (Å²) in [5.74, 6) is -0.0364. The predicted octanol–water partition coefficient (Wildman–Crippen LogP) is 2.68. The fourth-order valence-electron chi connectivity index (χ4n) is 2.12. The number of hydrogen-bond acceptors (Lipinski definition) is 5.